The van der Waals surface area contributed by atoms with Crippen LogP contribution in [0.3, 0.4) is 0 Å². The molecule has 0 saturated carbocycles. The van der Waals surface area contributed by atoms with Crippen LogP contribution in [-0.4, -0.2) is 28.6 Å². The molecular formula is C11H14N2O4S. The SMILES string of the molecule is CC(NSC(C[N+](=O)[O-])c1ccccc1)C(=O)O. The van der Waals surface area contributed by atoms with E-state index in [2.05, 4.69) is 4.72 Å². The molecule has 98 valence electrons. The summed E-state index contributed by atoms with van der Waals surface area (Å²) in [6.07, 6.45) is 0. The van der Waals surface area contributed by atoms with E-state index in [4.69, 9.17) is 5.11 Å². The van der Waals surface area contributed by atoms with E-state index in [9.17, 15) is 14.9 Å². The van der Waals surface area contributed by atoms with Crippen LogP contribution in [0.15, 0.2) is 30.3 Å². The van der Waals surface area contributed by atoms with Crippen LogP contribution in [-0.2, 0) is 4.79 Å². The van der Waals surface area contributed by atoms with Crippen LogP contribution in [0.4, 0.5) is 0 Å². The molecule has 0 aliphatic carbocycles. The number of hydrogen-bond acceptors (Lipinski definition) is 5. The topological polar surface area (TPSA) is 92.5 Å². The van der Waals surface area contributed by atoms with Gasteiger partial charge in [-0.15, -0.1) is 0 Å². The van der Waals surface area contributed by atoms with Gasteiger partial charge in [-0.25, -0.2) is 4.72 Å². The average molecular weight is 270 g/mol. The largest absolute Gasteiger partial charge is 0.480 e. The summed E-state index contributed by atoms with van der Waals surface area (Å²) in [5, 5.41) is 18.9. The zero-order chi connectivity index (χ0) is 13.5. The van der Waals surface area contributed by atoms with Crippen molar-refractivity contribution in [3.05, 3.63) is 46.0 Å². The van der Waals surface area contributed by atoms with Crippen molar-refractivity contribution in [3.63, 3.8) is 0 Å². The van der Waals surface area contributed by atoms with Crippen LogP contribution in [0.5, 0.6) is 0 Å². The van der Waals surface area contributed by atoms with Crippen molar-refractivity contribution in [2.75, 3.05) is 6.54 Å². The van der Waals surface area contributed by atoms with Crippen LogP contribution in [0, 0.1) is 10.1 Å². The number of rotatable bonds is 7. The van der Waals surface area contributed by atoms with Gasteiger partial charge in [0.1, 0.15) is 11.3 Å². The Morgan fingerprint density at radius 1 is 1.50 bits per heavy atom. The van der Waals surface area contributed by atoms with Gasteiger partial charge in [0.05, 0.1) is 0 Å². The third kappa shape index (κ3) is 4.72. The minimum Gasteiger partial charge on any atom is -0.480 e. The van der Waals surface area contributed by atoms with Gasteiger partial charge >= 0.3 is 5.97 Å². The van der Waals surface area contributed by atoms with E-state index in [1.54, 1.807) is 24.3 Å². The van der Waals surface area contributed by atoms with Gasteiger partial charge in [-0.3, -0.25) is 14.9 Å². The molecule has 0 aliphatic rings. The second kappa shape index (κ2) is 6.97. The maximum atomic E-state index is 10.7. The van der Waals surface area contributed by atoms with Crippen molar-refractivity contribution in [3.8, 4) is 0 Å². The van der Waals surface area contributed by atoms with E-state index in [1.807, 2.05) is 6.07 Å². The zero-order valence-corrected chi connectivity index (χ0v) is 10.6. The lowest BCUT2D eigenvalue weighted by Gasteiger charge is -2.15. The maximum Gasteiger partial charge on any atom is 0.321 e. The average Bonchev–Trinajstić information content (AvgIpc) is 2.34. The Bertz CT molecular complexity index is 413. The molecule has 1 aromatic carbocycles. The Labute approximate surface area is 109 Å². The van der Waals surface area contributed by atoms with E-state index in [0.29, 0.717) is 0 Å². The lowest BCUT2D eigenvalue weighted by Crippen LogP contribution is -2.30. The summed E-state index contributed by atoms with van der Waals surface area (Å²) in [7, 11) is 0. The molecular weight excluding hydrogens is 256 g/mol. The molecule has 18 heavy (non-hydrogen) atoms. The highest BCUT2D eigenvalue weighted by atomic mass is 32.2. The Morgan fingerprint density at radius 3 is 2.61 bits per heavy atom. The third-order valence-corrected chi connectivity index (χ3v) is 3.44. The van der Waals surface area contributed by atoms with E-state index in [1.165, 1.54) is 6.92 Å². The number of nitro groups is 1. The van der Waals surface area contributed by atoms with Crippen LogP contribution in [0.25, 0.3) is 0 Å². The number of carboxylic acid groups (broad SMARTS) is 1. The first kappa shape index (κ1) is 14.5. The monoisotopic (exact) mass is 270 g/mol. The summed E-state index contributed by atoms with van der Waals surface area (Å²) in [5.41, 5.74) is 0.796. The number of aliphatic carboxylic acids is 1. The highest BCUT2D eigenvalue weighted by Crippen LogP contribution is 2.26. The summed E-state index contributed by atoms with van der Waals surface area (Å²) in [6.45, 7) is 1.23. The molecule has 6 nitrogen and oxygen atoms in total. The summed E-state index contributed by atoms with van der Waals surface area (Å²) < 4.78 is 2.70. The first-order valence-corrected chi connectivity index (χ1v) is 6.19. The fourth-order valence-corrected chi connectivity index (χ4v) is 2.21. The third-order valence-electron chi connectivity index (χ3n) is 2.24. The molecule has 2 atom stereocenters. The van der Waals surface area contributed by atoms with E-state index in [0.717, 1.165) is 17.5 Å². The number of nitrogens with zero attached hydrogens (tertiary/aromatic N) is 1. The summed E-state index contributed by atoms with van der Waals surface area (Å²) in [4.78, 5) is 20.9. The van der Waals surface area contributed by atoms with Gasteiger partial charge in [-0.05, 0) is 12.5 Å². The second-order valence-corrected chi connectivity index (χ2v) is 4.75. The van der Waals surface area contributed by atoms with E-state index in [-0.39, 0.29) is 6.54 Å². The molecule has 7 heteroatoms. The Morgan fingerprint density at radius 2 is 2.11 bits per heavy atom. The van der Waals surface area contributed by atoms with Crippen LogP contribution < -0.4 is 4.72 Å². The minimum absolute atomic E-state index is 0.256. The molecule has 2 N–H and O–H groups in total. The lowest BCUT2D eigenvalue weighted by molar-refractivity contribution is -0.479. The Kier molecular flexibility index (Phi) is 5.60. The molecule has 0 aromatic heterocycles. The number of nitrogens with one attached hydrogen (secondary N) is 1. The summed E-state index contributed by atoms with van der Waals surface area (Å²) in [5.74, 6) is -0.990. The van der Waals surface area contributed by atoms with E-state index >= 15 is 0 Å². The molecule has 0 bridgehead atoms. The summed E-state index contributed by atoms with van der Waals surface area (Å²) in [6, 6.07) is 8.23. The molecule has 0 heterocycles. The zero-order valence-electron chi connectivity index (χ0n) is 9.78. The fourth-order valence-electron chi connectivity index (χ4n) is 1.25. The summed E-state index contributed by atoms with van der Waals surface area (Å²) >= 11 is 1.07. The number of hydrogen-bond donors (Lipinski definition) is 2. The number of carboxylic acids is 1. The maximum absolute atomic E-state index is 10.7. The van der Waals surface area contributed by atoms with Gasteiger partial charge in [0, 0.05) is 4.92 Å². The molecule has 1 aromatic rings. The molecule has 0 spiro atoms. The van der Waals surface area contributed by atoms with E-state index < -0.39 is 22.2 Å². The van der Waals surface area contributed by atoms with Crippen LogP contribution in [0.1, 0.15) is 17.7 Å². The molecule has 2 unspecified atom stereocenters. The lowest BCUT2D eigenvalue weighted by atomic mass is 10.1. The second-order valence-electron chi connectivity index (χ2n) is 3.71. The van der Waals surface area contributed by atoms with Crippen LogP contribution >= 0.6 is 11.9 Å². The minimum atomic E-state index is -0.990. The van der Waals surface area contributed by atoms with Gasteiger partial charge in [-0.2, -0.15) is 0 Å². The first-order chi connectivity index (χ1) is 8.50. The van der Waals surface area contributed by atoms with Crippen molar-refractivity contribution >= 4 is 17.9 Å². The molecule has 0 amide bonds. The van der Waals surface area contributed by atoms with Crippen molar-refractivity contribution in [2.45, 2.75) is 18.2 Å². The van der Waals surface area contributed by atoms with Crippen molar-refractivity contribution in [1.82, 2.24) is 4.72 Å². The van der Waals surface area contributed by atoms with Gasteiger partial charge in [0.15, 0.2) is 0 Å². The van der Waals surface area contributed by atoms with Gasteiger partial charge in [0.2, 0.25) is 6.54 Å². The Hall–Kier alpha value is -1.60. The molecule has 0 saturated heterocycles. The highest BCUT2D eigenvalue weighted by Gasteiger charge is 2.21. The normalized spacial score (nSPS) is 13.8. The molecule has 0 aliphatic heterocycles. The van der Waals surface area contributed by atoms with Crippen LogP contribution in [0.2, 0.25) is 0 Å². The molecule has 1 rings (SSSR count). The standard InChI is InChI=1S/C11H14N2O4S/c1-8(11(14)15)12-18-10(7-13(16)17)9-5-3-2-4-6-9/h2-6,8,10,12H,7H2,1H3,(H,14,15). The predicted octanol–water partition coefficient (Wildman–Crippen LogP) is 1.72. The van der Waals surface area contributed by atoms with Gasteiger partial charge < -0.3 is 5.11 Å². The highest BCUT2D eigenvalue weighted by molar-refractivity contribution is 7.97. The molecule has 0 radical (unpaired) electrons. The van der Waals surface area contributed by atoms with Crippen molar-refractivity contribution in [2.24, 2.45) is 0 Å². The molecule has 0 fully saturated rings. The van der Waals surface area contributed by atoms with Gasteiger partial charge in [-0.1, -0.05) is 42.3 Å². The van der Waals surface area contributed by atoms with Crippen molar-refractivity contribution in [1.29, 1.82) is 0 Å². The first-order valence-electron chi connectivity index (χ1n) is 5.31. The van der Waals surface area contributed by atoms with Gasteiger partial charge in [0.25, 0.3) is 0 Å². The van der Waals surface area contributed by atoms with Crippen molar-refractivity contribution < 1.29 is 14.8 Å². The smallest absolute Gasteiger partial charge is 0.321 e. The Balaban J connectivity index is 2.68. The fraction of sp³-hybridized carbons (Fsp3) is 0.364. The quantitative estimate of drug-likeness (QED) is 0.445. The number of benzene rings is 1. The predicted molar refractivity (Wildman–Crippen MR) is 68.9 cm³/mol. The number of carbonyl (C=O) groups is 1.